The van der Waals surface area contributed by atoms with Gasteiger partial charge in [0.15, 0.2) is 11.5 Å². The molecule has 1 atom stereocenters. The summed E-state index contributed by atoms with van der Waals surface area (Å²) >= 11 is 2.41. The van der Waals surface area contributed by atoms with Crippen LogP contribution in [0.15, 0.2) is 36.4 Å². The first-order valence-corrected chi connectivity index (χ1v) is 8.31. The van der Waals surface area contributed by atoms with Crippen LogP contribution in [0.3, 0.4) is 0 Å². The monoisotopic (exact) mass is 393 g/mol. The van der Waals surface area contributed by atoms with Crippen molar-refractivity contribution in [2.45, 2.75) is 12.5 Å². The van der Waals surface area contributed by atoms with Gasteiger partial charge in [0.05, 0.1) is 6.04 Å². The molecule has 2 aromatic rings. The Bertz CT molecular complexity index is 686. The van der Waals surface area contributed by atoms with E-state index in [1.165, 1.54) is 20.3 Å². The van der Waals surface area contributed by atoms with Crippen LogP contribution < -0.4 is 14.8 Å². The van der Waals surface area contributed by atoms with Crippen molar-refractivity contribution in [2.24, 2.45) is 0 Å². The second-order valence-corrected chi connectivity index (χ2v) is 6.52. The van der Waals surface area contributed by atoms with E-state index >= 15 is 0 Å². The maximum Gasteiger partial charge on any atom is 0.161 e. The van der Waals surface area contributed by atoms with Crippen LogP contribution in [-0.4, -0.2) is 19.8 Å². The van der Waals surface area contributed by atoms with E-state index < -0.39 is 0 Å². The molecule has 0 spiro atoms. The molecular formula is C17H16INO2. The first kappa shape index (κ1) is 13.4. The predicted octanol–water partition coefficient (Wildman–Crippen LogP) is 3.30. The summed E-state index contributed by atoms with van der Waals surface area (Å²) in [5.41, 5.74) is 4.01. The first-order chi connectivity index (χ1) is 10.3. The predicted molar refractivity (Wildman–Crippen MR) is 90.1 cm³/mol. The van der Waals surface area contributed by atoms with Crippen molar-refractivity contribution < 1.29 is 9.47 Å². The van der Waals surface area contributed by atoms with Crippen LogP contribution in [0.1, 0.15) is 22.7 Å². The average Bonchev–Trinajstić information content (AvgIpc) is 2.53. The smallest absolute Gasteiger partial charge is 0.161 e. The van der Waals surface area contributed by atoms with Gasteiger partial charge in [0.25, 0.3) is 0 Å². The van der Waals surface area contributed by atoms with Crippen molar-refractivity contribution in [1.82, 2.24) is 5.32 Å². The average molecular weight is 393 g/mol. The second-order valence-electron chi connectivity index (χ2n) is 5.35. The van der Waals surface area contributed by atoms with E-state index in [0.717, 1.165) is 24.5 Å². The van der Waals surface area contributed by atoms with Gasteiger partial charge in [-0.2, -0.15) is 0 Å². The summed E-state index contributed by atoms with van der Waals surface area (Å²) in [6, 6.07) is 13.1. The quantitative estimate of drug-likeness (QED) is 0.755. The van der Waals surface area contributed by atoms with Crippen molar-refractivity contribution in [3.05, 3.63) is 56.7 Å². The molecule has 3 nitrogen and oxygen atoms in total. The van der Waals surface area contributed by atoms with E-state index in [9.17, 15) is 0 Å². The van der Waals surface area contributed by atoms with E-state index in [-0.39, 0.29) is 6.04 Å². The Morgan fingerprint density at radius 2 is 1.76 bits per heavy atom. The minimum Gasteiger partial charge on any atom is -0.486 e. The molecule has 2 heterocycles. The zero-order chi connectivity index (χ0) is 14.2. The highest BCUT2D eigenvalue weighted by molar-refractivity contribution is 14.1. The Morgan fingerprint density at radius 3 is 2.57 bits per heavy atom. The van der Waals surface area contributed by atoms with Gasteiger partial charge in [-0.25, -0.2) is 0 Å². The molecule has 1 unspecified atom stereocenters. The fourth-order valence-electron chi connectivity index (χ4n) is 3.08. The molecule has 0 radical (unpaired) electrons. The van der Waals surface area contributed by atoms with Crippen LogP contribution >= 0.6 is 22.6 Å². The summed E-state index contributed by atoms with van der Waals surface area (Å²) in [6.07, 6.45) is 1.03. The summed E-state index contributed by atoms with van der Waals surface area (Å²) < 4.78 is 12.7. The fraction of sp³-hybridized carbons (Fsp3) is 0.294. The lowest BCUT2D eigenvalue weighted by atomic mass is 9.89. The van der Waals surface area contributed by atoms with E-state index in [0.29, 0.717) is 13.2 Å². The summed E-state index contributed by atoms with van der Waals surface area (Å²) in [6.45, 7) is 2.26. The third kappa shape index (κ3) is 2.40. The number of benzene rings is 2. The van der Waals surface area contributed by atoms with Crippen molar-refractivity contribution >= 4 is 22.6 Å². The van der Waals surface area contributed by atoms with Gasteiger partial charge in [-0.15, -0.1) is 0 Å². The topological polar surface area (TPSA) is 30.5 Å². The van der Waals surface area contributed by atoms with Crippen LogP contribution in [0.5, 0.6) is 11.5 Å². The van der Waals surface area contributed by atoms with E-state index in [1.807, 2.05) is 0 Å². The molecule has 0 aliphatic carbocycles. The third-order valence-electron chi connectivity index (χ3n) is 4.07. The molecule has 0 saturated carbocycles. The van der Waals surface area contributed by atoms with Crippen LogP contribution in [0.2, 0.25) is 0 Å². The minimum absolute atomic E-state index is 0.234. The molecule has 2 aliphatic rings. The van der Waals surface area contributed by atoms with Gasteiger partial charge >= 0.3 is 0 Å². The highest BCUT2D eigenvalue weighted by atomic mass is 127. The van der Waals surface area contributed by atoms with E-state index in [2.05, 4.69) is 64.3 Å². The molecule has 0 bridgehead atoms. The van der Waals surface area contributed by atoms with Gasteiger partial charge in [-0.3, -0.25) is 0 Å². The molecule has 21 heavy (non-hydrogen) atoms. The Balaban J connectivity index is 1.82. The van der Waals surface area contributed by atoms with Crippen LogP contribution in [0.4, 0.5) is 0 Å². The molecule has 0 saturated heterocycles. The van der Waals surface area contributed by atoms with Crippen LogP contribution in [0.25, 0.3) is 0 Å². The van der Waals surface area contributed by atoms with Crippen LogP contribution in [0, 0.1) is 3.57 Å². The number of rotatable bonds is 1. The Hall–Kier alpha value is -1.27. The summed E-state index contributed by atoms with van der Waals surface area (Å²) in [7, 11) is 0. The number of fused-ring (bicyclic) bond motifs is 2. The van der Waals surface area contributed by atoms with Crippen molar-refractivity contribution in [1.29, 1.82) is 0 Å². The summed E-state index contributed by atoms with van der Waals surface area (Å²) in [5, 5.41) is 3.64. The number of hydrogen-bond donors (Lipinski definition) is 1. The van der Waals surface area contributed by atoms with E-state index in [4.69, 9.17) is 9.47 Å². The number of halogens is 1. The highest BCUT2D eigenvalue weighted by Crippen LogP contribution is 2.39. The van der Waals surface area contributed by atoms with Gasteiger partial charge in [0.1, 0.15) is 13.2 Å². The van der Waals surface area contributed by atoms with Gasteiger partial charge < -0.3 is 14.8 Å². The number of nitrogens with one attached hydrogen (secondary N) is 1. The fourth-order valence-corrected chi connectivity index (χ4v) is 3.78. The maximum atomic E-state index is 5.75. The van der Waals surface area contributed by atoms with Crippen molar-refractivity contribution in [3.8, 4) is 11.5 Å². The van der Waals surface area contributed by atoms with Gasteiger partial charge in [-0.05, 0) is 63.9 Å². The molecule has 0 amide bonds. The number of hydrogen-bond acceptors (Lipinski definition) is 3. The molecule has 1 N–H and O–H groups in total. The molecule has 0 aromatic heterocycles. The van der Waals surface area contributed by atoms with E-state index in [1.54, 1.807) is 0 Å². The third-order valence-corrected chi connectivity index (χ3v) is 5.06. The van der Waals surface area contributed by atoms with Gasteiger partial charge in [-0.1, -0.05) is 18.2 Å². The summed E-state index contributed by atoms with van der Waals surface area (Å²) in [4.78, 5) is 0. The van der Waals surface area contributed by atoms with Crippen LogP contribution in [-0.2, 0) is 6.42 Å². The standard InChI is InChI=1S/C17H16INO2/c18-14-4-2-1-3-12(14)17-13-10-16-15(20-7-8-21-16)9-11(13)5-6-19-17/h1-4,9-10,17,19H,5-8H2. The highest BCUT2D eigenvalue weighted by Gasteiger charge is 2.26. The number of ether oxygens (including phenoxy) is 2. The molecule has 0 fully saturated rings. The molecule has 4 heteroatoms. The SMILES string of the molecule is Ic1ccccc1C1NCCc2cc3c(cc21)OCCO3. The van der Waals surface area contributed by atoms with Gasteiger partial charge in [0.2, 0.25) is 0 Å². The van der Waals surface area contributed by atoms with Crippen molar-refractivity contribution in [3.63, 3.8) is 0 Å². The maximum absolute atomic E-state index is 5.75. The zero-order valence-electron chi connectivity index (χ0n) is 11.6. The van der Waals surface area contributed by atoms with Gasteiger partial charge in [0, 0.05) is 10.1 Å². The zero-order valence-corrected chi connectivity index (χ0v) is 13.7. The lowest BCUT2D eigenvalue weighted by Gasteiger charge is -2.30. The second kappa shape index (κ2) is 5.50. The normalized spacial score (nSPS) is 20.0. The Morgan fingerprint density at radius 1 is 1.00 bits per heavy atom. The first-order valence-electron chi connectivity index (χ1n) is 7.23. The molecule has 2 aromatic carbocycles. The lowest BCUT2D eigenvalue weighted by molar-refractivity contribution is 0.171. The Kier molecular flexibility index (Phi) is 3.51. The molecular weight excluding hydrogens is 377 g/mol. The molecule has 2 aliphatic heterocycles. The van der Waals surface area contributed by atoms with Crippen molar-refractivity contribution in [2.75, 3.05) is 19.8 Å². The lowest BCUT2D eigenvalue weighted by Crippen LogP contribution is -2.31. The largest absolute Gasteiger partial charge is 0.486 e. The molecule has 108 valence electrons. The Labute approximate surface area is 137 Å². The summed E-state index contributed by atoms with van der Waals surface area (Å²) in [5.74, 6) is 1.77. The molecule has 4 rings (SSSR count). The minimum atomic E-state index is 0.234.